The summed E-state index contributed by atoms with van der Waals surface area (Å²) >= 11 is 0. The number of hydrazone groups is 1. The molecule has 132 valence electrons. The number of phenolic OH excluding ortho intramolecular Hbond substituents is 1. The van der Waals surface area contributed by atoms with Gasteiger partial charge in [-0.15, -0.1) is 0 Å². The van der Waals surface area contributed by atoms with Crippen molar-refractivity contribution in [2.45, 2.75) is 6.92 Å². The monoisotopic (exact) mass is 353 g/mol. The Labute approximate surface area is 148 Å². The summed E-state index contributed by atoms with van der Waals surface area (Å²) in [6.45, 7) is 1.52. The second kappa shape index (κ2) is 6.67. The maximum absolute atomic E-state index is 12.7. The number of hydrogen-bond donors (Lipinski definition) is 3. The maximum atomic E-state index is 12.7. The van der Waals surface area contributed by atoms with Crippen LogP contribution in [0.2, 0.25) is 0 Å². The highest BCUT2D eigenvalue weighted by atomic mass is 16.5. The Morgan fingerprint density at radius 2 is 1.77 bits per heavy atom. The molecule has 26 heavy (non-hydrogen) atoms. The molecule has 8 nitrogen and oxygen atoms in total. The van der Waals surface area contributed by atoms with Gasteiger partial charge < -0.3 is 15.6 Å². The minimum atomic E-state index is -0.816. The van der Waals surface area contributed by atoms with E-state index in [2.05, 4.69) is 10.5 Å². The van der Waals surface area contributed by atoms with Gasteiger partial charge in [-0.1, -0.05) is 24.3 Å². The Balaban J connectivity index is 1.91. The van der Waals surface area contributed by atoms with Gasteiger partial charge in [0, 0.05) is 16.7 Å². The molecule has 0 aromatic heterocycles. The first-order chi connectivity index (χ1) is 12.4. The van der Waals surface area contributed by atoms with Crippen LogP contribution in [-0.4, -0.2) is 35.0 Å². The number of phenols is 1. The molecule has 0 heterocycles. The van der Waals surface area contributed by atoms with E-state index in [0.717, 1.165) is 0 Å². The van der Waals surface area contributed by atoms with Crippen LogP contribution in [0.25, 0.3) is 0 Å². The number of carbonyl (C=O) groups is 3. The number of ketones is 2. The van der Waals surface area contributed by atoms with E-state index in [0.29, 0.717) is 11.3 Å². The number of ether oxygens (including phenoxy) is 1. The summed E-state index contributed by atoms with van der Waals surface area (Å²) in [6, 6.07) is 8.47. The van der Waals surface area contributed by atoms with Crippen molar-refractivity contribution in [3.63, 3.8) is 0 Å². The molecule has 2 aromatic rings. The lowest BCUT2D eigenvalue weighted by Gasteiger charge is -2.19. The summed E-state index contributed by atoms with van der Waals surface area (Å²) in [6.07, 6.45) is 0. The van der Waals surface area contributed by atoms with Gasteiger partial charge in [-0.25, -0.2) is 10.2 Å². The average Bonchev–Trinajstić information content (AvgIpc) is 2.63. The smallest absolute Gasteiger partial charge is 0.332 e. The first kappa shape index (κ1) is 17.2. The number of nitrogens with two attached hydrogens (primary N) is 1. The molecule has 0 fully saturated rings. The first-order valence-electron chi connectivity index (χ1n) is 7.66. The van der Waals surface area contributed by atoms with E-state index in [-0.39, 0.29) is 34.8 Å². The van der Waals surface area contributed by atoms with Crippen LogP contribution in [0.3, 0.4) is 0 Å². The van der Waals surface area contributed by atoms with Gasteiger partial charge in [-0.3, -0.25) is 9.59 Å². The highest BCUT2D eigenvalue weighted by Crippen LogP contribution is 2.38. The lowest BCUT2D eigenvalue weighted by Crippen LogP contribution is -2.26. The van der Waals surface area contributed by atoms with Crippen LogP contribution >= 0.6 is 0 Å². The zero-order chi connectivity index (χ0) is 18.8. The van der Waals surface area contributed by atoms with Crippen molar-refractivity contribution in [1.29, 1.82) is 0 Å². The van der Waals surface area contributed by atoms with Crippen LogP contribution in [0.5, 0.6) is 11.5 Å². The standard InChI is InChI=1S/C18H15N3O5/c1-9(20-21-18(19)25)8-26-13-7-6-12-14(17(13)24)16(23)11-5-3-2-4-10(11)15(12)22/h2-7,24H,8H2,1H3,(H3,19,21,25)/b20-9+. The van der Waals surface area contributed by atoms with Gasteiger partial charge in [0.2, 0.25) is 0 Å². The van der Waals surface area contributed by atoms with Crippen molar-refractivity contribution >= 4 is 23.3 Å². The first-order valence-corrected chi connectivity index (χ1v) is 7.66. The molecule has 1 aliphatic rings. The third-order valence-electron chi connectivity index (χ3n) is 3.82. The summed E-state index contributed by atoms with van der Waals surface area (Å²) in [4.78, 5) is 35.9. The number of nitrogens with one attached hydrogen (secondary N) is 1. The number of carbonyl (C=O) groups excluding carboxylic acids is 3. The fraction of sp³-hybridized carbons (Fsp3) is 0.111. The van der Waals surface area contributed by atoms with E-state index in [9.17, 15) is 19.5 Å². The van der Waals surface area contributed by atoms with Gasteiger partial charge in [0.05, 0.1) is 11.3 Å². The molecule has 0 spiro atoms. The molecule has 1 aliphatic carbocycles. The van der Waals surface area contributed by atoms with E-state index in [1.165, 1.54) is 18.2 Å². The number of primary amides is 1. The molecular weight excluding hydrogens is 338 g/mol. The van der Waals surface area contributed by atoms with Gasteiger partial charge >= 0.3 is 6.03 Å². The Bertz CT molecular complexity index is 965. The van der Waals surface area contributed by atoms with Crippen molar-refractivity contribution in [2.24, 2.45) is 10.8 Å². The molecule has 2 aromatic carbocycles. The summed E-state index contributed by atoms with van der Waals surface area (Å²) in [5.41, 5.74) is 7.93. The highest BCUT2D eigenvalue weighted by molar-refractivity contribution is 6.29. The van der Waals surface area contributed by atoms with Crippen LogP contribution in [0.1, 0.15) is 38.8 Å². The molecule has 0 saturated heterocycles. The minimum Gasteiger partial charge on any atom is -0.504 e. The molecule has 3 rings (SSSR count). The Kier molecular flexibility index (Phi) is 4.40. The second-order valence-corrected chi connectivity index (χ2v) is 5.65. The molecule has 0 radical (unpaired) electrons. The Morgan fingerprint density at radius 1 is 1.12 bits per heavy atom. The van der Waals surface area contributed by atoms with Crippen molar-refractivity contribution < 1.29 is 24.2 Å². The van der Waals surface area contributed by atoms with Gasteiger partial charge in [-0.05, 0) is 19.1 Å². The maximum Gasteiger partial charge on any atom is 0.332 e. The van der Waals surface area contributed by atoms with Gasteiger partial charge in [0.1, 0.15) is 6.61 Å². The number of nitrogens with zero attached hydrogens (tertiary/aromatic N) is 1. The number of rotatable bonds is 4. The summed E-state index contributed by atoms with van der Waals surface area (Å²) in [7, 11) is 0. The lowest BCUT2D eigenvalue weighted by atomic mass is 9.83. The van der Waals surface area contributed by atoms with E-state index in [1.54, 1.807) is 25.1 Å². The van der Waals surface area contributed by atoms with Crippen LogP contribution in [-0.2, 0) is 0 Å². The third kappa shape index (κ3) is 3.00. The third-order valence-corrected chi connectivity index (χ3v) is 3.82. The number of benzene rings is 2. The van der Waals surface area contributed by atoms with E-state index in [4.69, 9.17) is 10.5 Å². The number of amides is 2. The van der Waals surface area contributed by atoms with Crippen molar-refractivity contribution in [3.05, 3.63) is 58.7 Å². The molecule has 4 N–H and O–H groups in total. The zero-order valence-corrected chi connectivity index (χ0v) is 13.8. The van der Waals surface area contributed by atoms with Gasteiger partial charge in [0.15, 0.2) is 23.1 Å². The average molecular weight is 353 g/mol. The number of aromatic hydroxyl groups is 1. The fourth-order valence-corrected chi connectivity index (χ4v) is 2.63. The van der Waals surface area contributed by atoms with Gasteiger partial charge in [-0.2, -0.15) is 5.10 Å². The molecule has 0 unspecified atom stereocenters. The number of hydrogen-bond acceptors (Lipinski definition) is 6. The second-order valence-electron chi connectivity index (χ2n) is 5.65. The molecule has 0 saturated carbocycles. The molecule has 2 amide bonds. The summed E-state index contributed by atoms with van der Waals surface area (Å²) in [5, 5.41) is 14.1. The predicted octanol–water partition coefficient (Wildman–Crippen LogP) is 1.59. The van der Waals surface area contributed by atoms with Crippen LogP contribution < -0.4 is 15.9 Å². The highest BCUT2D eigenvalue weighted by Gasteiger charge is 2.33. The SMILES string of the molecule is C/C(COc1ccc2c(c1O)C(=O)c1ccccc1C2=O)=N\NC(N)=O. The van der Waals surface area contributed by atoms with Crippen LogP contribution in [0.15, 0.2) is 41.5 Å². The van der Waals surface area contributed by atoms with Crippen molar-refractivity contribution in [2.75, 3.05) is 6.61 Å². The Morgan fingerprint density at radius 3 is 2.42 bits per heavy atom. The van der Waals surface area contributed by atoms with E-state index >= 15 is 0 Å². The largest absolute Gasteiger partial charge is 0.504 e. The van der Waals surface area contributed by atoms with Crippen LogP contribution in [0, 0.1) is 0 Å². The molecule has 8 heteroatoms. The number of fused-ring (bicyclic) bond motifs is 2. The zero-order valence-electron chi connectivity index (χ0n) is 13.8. The molecule has 0 bridgehead atoms. The lowest BCUT2D eigenvalue weighted by molar-refractivity contribution is 0.0976. The molecular formula is C18H15N3O5. The summed E-state index contributed by atoms with van der Waals surface area (Å²) < 4.78 is 5.43. The molecule has 0 aliphatic heterocycles. The van der Waals surface area contributed by atoms with Gasteiger partial charge in [0.25, 0.3) is 0 Å². The Hall–Kier alpha value is -3.68. The fourth-order valence-electron chi connectivity index (χ4n) is 2.63. The van der Waals surface area contributed by atoms with E-state index in [1.807, 2.05) is 0 Å². The molecule has 0 atom stereocenters. The quantitative estimate of drug-likeness (QED) is 0.484. The van der Waals surface area contributed by atoms with Crippen molar-refractivity contribution in [3.8, 4) is 11.5 Å². The van der Waals surface area contributed by atoms with Crippen LogP contribution in [0.4, 0.5) is 4.79 Å². The normalized spacial score (nSPS) is 13.0. The number of urea groups is 1. The predicted molar refractivity (Wildman–Crippen MR) is 92.7 cm³/mol. The van der Waals surface area contributed by atoms with Crippen molar-refractivity contribution in [1.82, 2.24) is 5.43 Å². The minimum absolute atomic E-state index is 0.0258. The topological polar surface area (TPSA) is 131 Å². The summed E-state index contributed by atoms with van der Waals surface area (Å²) in [5.74, 6) is -1.16. The van der Waals surface area contributed by atoms with E-state index < -0.39 is 17.6 Å².